The fraction of sp³-hybridized carbons (Fsp3) is 0.462. The lowest BCUT2D eigenvalue weighted by molar-refractivity contribution is -0.241. The molecular weight excluding hydrogens is 610 g/mol. The normalized spacial score (nSPS) is 28.5. The summed E-state index contributed by atoms with van der Waals surface area (Å²) in [6.45, 7) is 1.92. The van der Waals surface area contributed by atoms with E-state index in [-0.39, 0.29) is 12.2 Å². The van der Waals surface area contributed by atoms with E-state index in [2.05, 4.69) is 15.9 Å². The number of rotatable bonds is 10. The standard InChI is InChI=1S/C26H30BrN3O11/c1-11-9-12(3-5-13(11)27)4-6-14(31)16-10-15(32)18(34)25(39-16)41-22(23(28)36)21-20(38-2)19(35)24(40-21)30-8-7-17(33)29-26(30)37/h3,5,7-10,15,18-22,24-25,32,34-35H,4,6H2,1-2H3,(H2,28,36)(H,29,33,37)/t15-,18-,19+,20-,21-,22+,24+,25+/m0/s1. The first-order chi connectivity index (χ1) is 19.4. The first kappa shape index (κ1) is 30.8. The molecule has 1 aromatic carbocycles. The Labute approximate surface area is 241 Å². The highest BCUT2D eigenvalue weighted by Crippen LogP contribution is 2.34. The molecule has 0 radical (unpaired) electrons. The van der Waals surface area contributed by atoms with E-state index in [0.717, 1.165) is 38.5 Å². The third-order valence-electron chi connectivity index (χ3n) is 6.84. The monoisotopic (exact) mass is 639 g/mol. The number of methoxy groups -OCH3 is 1. The molecule has 3 heterocycles. The van der Waals surface area contributed by atoms with Crippen molar-refractivity contribution in [2.45, 2.75) is 68.9 Å². The highest BCUT2D eigenvalue weighted by molar-refractivity contribution is 9.10. The minimum atomic E-state index is -1.75. The van der Waals surface area contributed by atoms with E-state index in [4.69, 9.17) is 24.7 Å². The van der Waals surface area contributed by atoms with Gasteiger partial charge in [0.25, 0.3) is 5.56 Å². The number of primary amides is 1. The van der Waals surface area contributed by atoms with Crippen molar-refractivity contribution >= 4 is 27.6 Å². The number of carbonyl (C=O) groups excluding carboxylic acids is 2. The van der Waals surface area contributed by atoms with Crippen molar-refractivity contribution in [2.24, 2.45) is 5.73 Å². The molecule has 1 saturated heterocycles. The zero-order chi connectivity index (χ0) is 30.0. The predicted octanol–water partition coefficient (Wildman–Crippen LogP) is -1.08. The average molecular weight is 640 g/mol. The summed E-state index contributed by atoms with van der Waals surface area (Å²) >= 11 is 3.42. The summed E-state index contributed by atoms with van der Waals surface area (Å²) < 4.78 is 24.1. The zero-order valence-electron chi connectivity index (χ0n) is 22.0. The van der Waals surface area contributed by atoms with Gasteiger partial charge in [0.1, 0.15) is 30.5 Å². The van der Waals surface area contributed by atoms with Crippen molar-refractivity contribution in [1.29, 1.82) is 0 Å². The summed E-state index contributed by atoms with van der Waals surface area (Å²) in [4.78, 5) is 51.2. The van der Waals surface area contributed by atoms with Crippen LogP contribution in [0.2, 0.25) is 0 Å². The van der Waals surface area contributed by atoms with Crippen LogP contribution in [-0.4, -0.2) is 86.6 Å². The number of nitrogens with one attached hydrogen (secondary N) is 1. The van der Waals surface area contributed by atoms with Gasteiger partial charge in [0.2, 0.25) is 12.2 Å². The summed E-state index contributed by atoms with van der Waals surface area (Å²) in [5.74, 6) is -1.88. The maximum absolute atomic E-state index is 12.9. The molecule has 0 aliphatic carbocycles. The van der Waals surface area contributed by atoms with Crippen molar-refractivity contribution in [1.82, 2.24) is 9.55 Å². The van der Waals surface area contributed by atoms with E-state index in [1.54, 1.807) is 0 Å². The number of halogens is 1. The number of H-pyrrole nitrogens is 1. The second-order valence-corrected chi connectivity index (χ2v) is 10.5. The van der Waals surface area contributed by atoms with Gasteiger partial charge >= 0.3 is 5.69 Å². The molecule has 1 amide bonds. The van der Waals surface area contributed by atoms with Gasteiger partial charge in [-0.05, 0) is 36.6 Å². The molecule has 6 N–H and O–H groups in total. The first-order valence-electron chi connectivity index (χ1n) is 12.6. The summed E-state index contributed by atoms with van der Waals surface area (Å²) in [5.41, 5.74) is 5.88. The van der Waals surface area contributed by atoms with E-state index in [1.807, 2.05) is 30.1 Å². The molecule has 41 heavy (non-hydrogen) atoms. The fourth-order valence-electron chi connectivity index (χ4n) is 4.66. The lowest BCUT2D eigenvalue weighted by Crippen LogP contribution is -2.53. The van der Waals surface area contributed by atoms with Crippen LogP contribution in [0.15, 0.2) is 56.4 Å². The van der Waals surface area contributed by atoms with Crippen molar-refractivity contribution in [3.8, 4) is 0 Å². The molecule has 0 bridgehead atoms. The molecule has 1 aromatic heterocycles. The Balaban J connectivity index is 1.50. The summed E-state index contributed by atoms with van der Waals surface area (Å²) in [6, 6.07) is 6.68. The first-order valence-corrected chi connectivity index (χ1v) is 13.4. The predicted molar refractivity (Wildman–Crippen MR) is 143 cm³/mol. The fourth-order valence-corrected chi connectivity index (χ4v) is 4.91. The van der Waals surface area contributed by atoms with Crippen LogP contribution in [0.25, 0.3) is 0 Å². The van der Waals surface area contributed by atoms with Gasteiger partial charge in [-0.2, -0.15) is 0 Å². The number of aromatic nitrogens is 2. The van der Waals surface area contributed by atoms with Crippen molar-refractivity contribution in [3.63, 3.8) is 0 Å². The van der Waals surface area contributed by atoms with Gasteiger partial charge in [0.15, 0.2) is 23.9 Å². The zero-order valence-corrected chi connectivity index (χ0v) is 23.6. The maximum Gasteiger partial charge on any atom is 0.330 e. The number of aryl methyl sites for hydroxylation is 2. The van der Waals surface area contributed by atoms with Crippen LogP contribution >= 0.6 is 15.9 Å². The minimum absolute atomic E-state index is 0.0148. The van der Waals surface area contributed by atoms with Gasteiger partial charge in [0, 0.05) is 30.3 Å². The molecule has 8 atom stereocenters. The number of amides is 1. The van der Waals surface area contributed by atoms with Gasteiger partial charge < -0.3 is 40.0 Å². The Morgan fingerprint density at radius 1 is 1.20 bits per heavy atom. The van der Waals surface area contributed by atoms with Gasteiger partial charge in [-0.15, -0.1) is 0 Å². The highest BCUT2D eigenvalue weighted by Gasteiger charge is 2.52. The van der Waals surface area contributed by atoms with Gasteiger partial charge in [0.05, 0.1) is 0 Å². The van der Waals surface area contributed by atoms with E-state index < -0.39 is 72.1 Å². The Morgan fingerprint density at radius 3 is 2.56 bits per heavy atom. The lowest BCUT2D eigenvalue weighted by atomic mass is 10.0. The number of ketones is 1. The van der Waals surface area contributed by atoms with Crippen LogP contribution in [0.1, 0.15) is 23.8 Å². The number of nitrogens with two attached hydrogens (primary N) is 1. The van der Waals surface area contributed by atoms with Crippen LogP contribution in [0.4, 0.5) is 0 Å². The topological polar surface area (TPSA) is 213 Å². The van der Waals surface area contributed by atoms with Crippen LogP contribution in [0.5, 0.6) is 0 Å². The Bertz CT molecular complexity index is 1440. The molecule has 222 valence electrons. The quantitative estimate of drug-likeness (QED) is 0.211. The Morgan fingerprint density at radius 2 is 1.93 bits per heavy atom. The number of benzene rings is 1. The van der Waals surface area contributed by atoms with Crippen LogP contribution < -0.4 is 17.0 Å². The second kappa shape index (κ2) is 12.8. The van der Waals surface area contributed by atoms with Crippen LogP contribution in [0, 0.1) is 6.92 Å². The number of Topliss-reactive ketones (excluding diaryl/α,β-unsaturated/α-hetero) is 1. The van der Waals surface area contributed by atoms with Gasteiger partial charge in [-0.1, -0.05) is 28.1 Å². The molecule has 15 heteroatoms. The van der Waals surface area contributed by atoms with E-state index in [0.29, 0.717) is 6.42 Å². The number of ether oxygens (including phenoxy) is 4. The van der Waals surface area contributed by atoms with Crippen LogP contribution in [0.3, 0.4) is 0 Å². The number of aromatic amines is 1. The van der Waals surface area contributed by atoms with E-state index in [9.17, 15) is 34.5 Å². The number of aliphatic hydroxyl groups excluding tert-OH is 3. The number of hydrogen-bond donors (Lipinski definition) is 5. The molecule has 2 aromatic rings. The SMILES string of the molecule is CO[C@H]1[C@@H](O)[C@H](n2ccc(=O)[nH]c2=O)O[C@@H]1[C@@H](O[C@H]1OC(C(=O)CCc2ccc(Br)c(C)c2)=C[C@H](O)[C@@H]1O)C(N)=O. The molecule has 14 nitrogen and oxygen atoms in total. The molecule has 4 rings (SSSR count). The molecule has 0 unspecified atom stereocenters. The molecule has 2 aliphatic rings. The lowest BCUT2D eigenvalue weighted by Gasteiger charge is -2.35. The number of nitrogens with zero attached hydrogens (tertiary/aromatic N) is 1. The maximum atomic E-state index is 12.9. The van der Waals surface area contributed by atoms with Crippen molar-refractivity contribution < 1.29 is 43.9 Å². The molecule has 0 saturated carbocycles. The molecule has 0 spiro atoms. The molecular formula is C26H30BrN3O11. The smallest absolute Gasteiger partial charge is 0.330 e. The van der Waals surface area contributed by atoms with Crippen LogP contribution in [-0.2, 0) is 35.0 Å². The number of carbonyl (C=O) groups is 2. The van der Waals surface area contributed by atoms with Crippen molar-refractivity contribution in [3.05, 3.63) is 78.7 Å². The van der Waals surface area contributed by atoms with E-state index in [1.165, 1.54) is 7.11 Å². The summed E-state index contributed by atoms with van der Waals surface area (Å²) in [7, 11) is 1.21. The minimum Gasteiger partial charge on any atom is -0.458 e. The Hall–Kier alpha value is -3.18. The largest absolute Gasteiger partial charge is 0.458 e. The third kappa shape index (κ3) is 6.67. The van der Waals surface area contributed by atoms with Crippen molar-refractivity contribution in [2.75, 3.05) is 7.11 Å². The second-order valence-electron chi connectivity index (χ2n) is 9.66. The summed E-state index contributed by atoms with van der Waals surface area (Å²) in [6.07, 6.45) is -9.93. The molecule has 2 aliphatic heterocycles. The van der Waals surface area contributed by atoms with Gasteiger partial charge in [-0.3, -0.25) is 23.9 Å². The van der Waals surface area contributed by atoms with E-state index >= 15 is 0 Å². The average Bonchev–Trinajstić information content (AvgIpc) is 3.24. The Kier molecular flexibility index (Phi) is 9.59. The highest BCUT2D eigenvalue weighted by atomic mass is 79.9. The summed E-state index contributed by atoms with van der Waals surface area (Å²) in [5, 5.41) is 31.7. The third-order valence-corrected chi connectivity index (χ3v) is 7.73. The number of hydrogen-bond acceptors (Lipinski definition) is 11. The van der Waals surface area contributed by atoms with Gasteiger partial charge in [-0.25, -0.2) is 4.79 Å². The molecule has 1 fully saturated rings. The number of aliphatic hydroxyl groups is 3. The number of allylic oxidation sites excluding steroid dienone is 1.